The molecule has 2 fully saturated rings. The van der Waals surface area contributed by atoms with Gasteiger partial charge in [0, 0.05) is 6.42 Å². The van der Waals surface area contributed by atoms with E-state index in [1.54, 1.807) is 27.0 Å². The number of hydrogen-bond donors (Lipinski definition) is 2. The minimum absolute atomic E-state index is 0.0702. The topological polar surface area (TPSA) is 196 Å². The molecule has 0 radical (unpaired) electrons. The third-order valence-corrected chi connectivity index (χ3v) is 4.69. The molecular weight excluding hydrogens is 541 g/mol. The van der Waals surface area contributed by atoms with Crippen molar-refractivity contribution in [3.8, 4) is 12.1 Å². The van der Waals surface area contributed by atoms with Crippen molar-refractivity contribution in [3.05, 3.63) is 47.6 Å². The second-order valence-electron chi connectivity index (χ2n) is 8.94. The summed E-state index contributed by atoms with van der Waals surface area (Å²) in [7, 11) is 0. The molecule has 0 spiro atoms. The van der Waals surface area contributed by atoms with Gasteiger partial charge in [0.1, 0.15) is 23.8 Å². The summed E-state index contributed by atoms with van der Waals surface area (Å²) >= 11 is 0. The molecule has 0 bridgehead atoms. The first-order valence-electron chi connectivity index (χ1n) is 11.5. The Morgan fingerprint density at radius 2 is 1.57 bits per heavy atom. The Balaban J connectivity index is 0.000000239. The fourth-order valence-electron chi connectivity index (χ4n) is 3.03. The maximum absolute atomic E-state index is 12.1. The number of aliphatic carboxylic acids is 1. The van der Waals surface area contributed by atoms with Gasteiger partial charge in [-0.25, -0.2) is 19.6 Å². The zero-order valence-electron chi connectivity index (χ0n) is 21.5. The predicted molar refractivity (Wildman–Crippen MR) is 125 cm³/mol. The lowest BCUT2D eigenvalue weighted by Gasteiger charge is -2.26. The third kappa shape index (κ3) is 10.0. The molecule has 2 aromatic heterocycles. The number of carbonyl (C=O) groups excluding carboxylic acids is 1. The van der Waals surface area contributed by atoms with Gasteiger partial charge in [-0.15, -0.1) is 0 Å². The highest BCUT2D eigenvalue weighted by Crippen LogP contribution is 2.30. The molecule has 40 heavy (non-hydrogen) atoms. The van der Waals surface area contributed by atoms with Crippen molar-refractivity contribution in [3.63, 3.8) is 0 Å². The Morgan fingerprint density at radius 1 is 1.02 bits per heavy atom. The molecule has 214 valence electrons. The van der Waals surface area contributed by atoms with Crippen molar-refractivity contribution in [2.45, 2.75) is 57.5 Å². The number of carboxylic acid groups (broad SMARTS) is 1. The molecule has 2 aliphatic heterocycles. The van der Waals surface area contributed by atoms with E-state index in [0.29, 0.717) is 31.0 Å². The van der Waals surface area contributed by atoms with E-state index in [9.17, 15) is 18.0 Å². The van der Waals surface area contributed by atoms with E-state index < -0.39 is 23.8 Å². The van der Waals surface area contributed by atoms with Gasteiger partial charge in [-0.2, -0.15) is 34.2 Å². The molecule has 0 unspecified atom stereocenters. The molecule has 1 amide bonds. The number of alkyl halides is 3. The van der Waals surface area contributed by atoms with E-state index in [1.165, 1.54) is 18.6 Å². The molecule has 2 saturated heterocycles. The Hall–Kier alpha value is -4.45. The number of halogens is 3. The smallest absolute Gasteiger partial charge is 0.475 e. The quantitative estimate of drug-likeness (QED) is 0.539. The maximum Gasteiger partial charge on any atom is 0.490 e. The van der Waals surface area contributed by atoms with Crippen LogP contribution in [0.1, 0.15) is 68.5 Å². The van der Waals surface area contributed by atoms with E-state index in [-0.39, 0.29) is 17.8 Å². The summed E-state index contributed by atoms with van der Waals surface area (Å²) < 4.78 is 37.0. The molecule has 2 aliphatic rings. The number of hydrogen-bond acceptors (Lipinski definition) is 12. The van der Waals surface area contributed by atoms with Gasteiger partial charge in [0.15, 0.2) is 11.4 Å². The number of ether oxygens (including phenoxy) is 1. The number of nitriles is 2. The average molecular weight is 566 g/mol. The molecule has 4 rings (SSSR count). The van der Waals surface area contributed by atoms with Crippen molar-refractivity contribution in [2.75, 3.05) is 13.2 Å². The second-order valence-corrected chi connectivity index (χ2v) is 8.94. The van der Waals surface area contributed by atoms with Gasteiger partial charge < -0.3 is 14.7 Å². The minimum Gasteiger partial charge on any atom is -0.475 e. The third-order valence-electron chi connectivity index (χ3n) is 4.69. The van der Waals surface area contributed by atoms with Crippen molar-refractivity contribution >= 4 is 12.1 Å². The van der Waals surface area contributed by atoms with Crippen LogP contribution in [-0.4, -0.2) is 67.2 Å². The van der Waals surface area contributed by atoms with Crippen LogP contribution in [0.5, 0.6) is 0 Å². The van der Waals surface area contributed by atoms with Crippen LogP contribution in [0.2, 0.25) is 0 Å². The fraction of sp³-hybridized carbons (Fsp3) is 0.478. The van der Waals surface area contributed by atoms with Crippen LogP contribution < -0.4 is 5.48 Å². The van der Waals surface area contributed by atoms with Crippen LogP contribution in [-0.2, 0) is 19.2 Å². The fourth-order valence-corrected chi connectivity index (χ4v) is 3.03. The van der Waals surface area contributed by atoms with Gasteiger partial charge in [0.2, 0.25) is 0 Å². The highest BCUT2D eigenvalue weighted by Gasteiger charge is 2.38. The number of amides is 1. The van der Waals surface area contributed by atoms with Gasteiger partial charge in [0.25, 0.3) is 0 Å². The van der Waals surface area contributed by atoms with Gasteiger partial charge >= 0.3 is 18.2 Å². The van der Waals surface area contributed by atoms with Gasteiger partial charge in [-0.3, -0.25) is 14.8 Å². The monoisotopic (exact) mass is 566 g/mol. The molecular formula is C23H25F3N8O6. The zero-order chi connectivity index (χ0) is 29.9. The number of nitrogens with zero attached hydrogens (tertiary/aromatic N) is 7. The lowest BCUT2D eigenvalue weighted by Crippen LogP contribution is -2.36. The first kappa shape index (κ1) is 31.8. The molecule has 14 nitrogen and oxygen atoms in total. The van der Waals surface area contributed by atoms with E-state index in [2.05, 4.69) is 25.4 Å². The molecule has 4 heterocycles. The lowest BCUT2D eigenvalue weighted by molar-refractivity contribution is -0.192. The van der Waals surface area contributed by atoms with Gasteiger partial charge in [0.05, 0.1) is 55.4 Å². The maximum atomic E-state index is 12.1. The molecule has 0 aliphatic carbocycles. The van der Waals surface area contributed by atoms with Crippen LogP contribution >= 0.6 is 0 Å². The van der Waals surface area contributed by atoms with Crippen molar-refractivity contribution in [1.82, 2.24) is 30.5 Å². The summed E-state index contributed by atoms with van der Waals surface area (Å²) in [6.07, 6.45) is 1.79. The highest BCUT2D eigenvalue weighted by molar-refractivity contribution is 5.73. The Labute approximate surface area is 226 Å². The molecule has 2 N–H and O–H groups in total. The molecule has 0 aromatic carbocycles. The van der Waals surface area contributed by atoms with Crippen molar-refractivity contribution in [1.29, 1.82) is 10.5 Å². The largest absolute Gasteiger partial charge is 0.490 e. The molecule has 17 heteroatoms. The van der Waals surface area contributed by atoms with E-state index in [0.717, 1.165) is 17.2 Å². The number of rotatable bonds is 2. The second kappa shape index (κ2) is 14.1. The van der Waals surface area contributed by atoms with E-state index >= 15 is 0 Å². The Morgan fingerprint density at radius 3 is 2.05 bits per heavy atom. The van der Waals surface area contributed by atoms with E-state index in [1.807, 2.05) is 12.1 Å². The van der Waals surface area contributed by atoms with Gasteiger partial charge in [-0.05, 0) is 27.2 Å². The van der Waals surface area contributed by atoms with Crippen LogP contribution in [0, 0.1) is 22.7 Å². The van der Waals surface area contributed by atoms with Crippen molar-refractivity contribution < 1.29 is 42.3 Å². The average Bonchev–Trinajstić information content (AvgIpc) is 3.61. The highest BCUT2D eigenvalue weighted by atomic mass is 19.4. The van der Waals surface area contributed by atoms with Gasteiger partial charge in [-0.1, -0.05) is 0 Å². The first-order chi connectivity index (χ1) is 18.7. The van der Waals surface area contributed by atoms with Crippen LogP contribution in [0.4, 0.5) is 18.0 Å². The number of carbonyl (C=O) groups is 2. The summed E-state index contributed by atoms with van der Waals surface area (Å²) in [5, 5.41) is 25.7. The number of carboxylic acids is 1. The predicted octanol–water partition coefficient (Wildman–Crippen LogP) is 2.91. The number of hydroxylamine groups is 3. The summed E-state index contributed by atoms with van der Waals surface area (Å²) in [4.78, 5) is 47.4. The Kier molecular flexibility index (Phi) is 11.2. The van der Waals surface area contributed by atoms with E-state index in [4.69, 9.17) is 34.8 Å². The summed E-state index contributed by atoms with van der Waals surface area (Å²) in [6, 6.07) is 3.56. The Bertz CT molecular complexity index is 1250. The van der Waals surface area contributed by atoms with Crippen LogP contribution in [0.25, 0.3) is 0 Å². The minimum atomic E-state index is -5.08. The number of aromatic nitrogens is 4. The lowest BCUT2D eigenvalue weighted by atomic mass is 10.1. The standard InChI is InChI=1S/C13H16N4O3.C8H8N4O.C2HF3O2/c1-13(2,3)20-12(18)17-11(4-5-19-17)10-8-15-7-9(6-14)16-10;9-3-6-4-10-5-8(11-6)7-1-2-13-12-7;3-2(4,5)1(6)7/h7-8,11H,4-5H2,1-3H3;4-5,7,12H,1-2H2;(H,6,7)/t11-;7-;/m00./s1. The van der Waals surface area contributed by atoms with Crippen LogP contribution in [0.3, 0.4) is 0 Å². The van der Waals surface area contributed by atoms with Crippen molar-refractivity contribution in [2.24, 2.45) is 0 Å². The summed E-state index contributed by atoms with van der Waals surface area (Å²) in [6.45, 7) is 6.41. The summed E-state index contributed by atoms with van der Waals surface area (Å²) in [5.41, 5.74) is 4.04. The summed E-state index contributed by atoms with van der Waals surface area (Å²) in [5.74, 6) is -2.76. The molecule has 2 atom stereocenters. The molecule has 0 saturated carbocycles. The SMILES string of the molecule is CC(C)(C)OC(=O)N1OCC[C@H]1c1cncc(C#N)n1.N#Cc1cncc([C@@H]2CCON2)n1.O=C(O)C(F)(F)F. The normalized spacial score (nSPS) is 18.2. The zero-order valence-corrected chi connectivity index (χ0v) is 21.5. The molecule has 2 aromatic rings. The first-order valence-corrected chi connectivity index (χ1v) is 11.5. The van der Waals surface area contributed by atoms with Crippen LogP contribution in [0.15, 0.2) is 24.8 Å². The number of nitrogens with one attached hydrogen (secondary N) is 1.